The summed E-state index contributed by atoms with van der Waals surface area (Å²) in [6, 6.07) is 14.4. The summed E-state index contributed by atoms with van der Waals surface area (Å²) in [4.78, 5) is 11.9. The van der Waals surface area contributed by atoms with E-state index in [-0.39, 0.29) is 5.75 Å². The van der Waals surface area contributed by atoms with Crippen LogP contribution in [-0.2, 0) is 9.53 Å². The third kappa shape index (κ3) is 4.07. The van der Waals surface area contributed by atoms with Gasteiger partial charge in [0, 0.05) is 9.14 Å². The molecule has 2 aromatic carbocycles. The Morgan fingerprint density at radius 3 is 2.05 bits per heavy atom. The maximum atomic E-state index is 11.9. The monoisotopic (exact) mass is 394 g/mol. The Bertz CT molecular complexity index is 599. The van der Waals surface area contributed by atoms with Crippen molar-refractivity contribution < 1.29 is 14.6 Å². The molecule has 4 heteroatoms. The summed E-state index contributed by atoms with van der Waals surface area (Å²) in [6.45, 7) is 5.22. The van der Waals surface area contributed by atoms with Crippen LogP contribution in [0.4, 0.5) is 0 Å². The molecule has 0 heterocycles. The average molecular weight is 394 g/mol. The van der Waals surface area contributed by atoms with Gasteiger partial charge in [-0.05, 0) is 64.9 Å². The third-order valence-corrected chi connectivity index (χ3v) is 3.66. The highest BCUT2D eigenvalue weighted by Crippen LogP contribution is 2.28. The first-order valence-corrected chi connectivity index (χ1v) is 7.46. The van der Waals surface area contributed by atoms with Crippen LogP contribution in [0, 0.1) is 3.57 Å². The Kier molecular flexibility index (Phi) is 5.01. The number of esters is 1. The summed E-state index contributed by atoms with van der Waals surface area (Å²) in [5, 5.41) is 9.39. The van der Waals surface area contributed by atoms with Gasteiger partial charge in [-0.25, -0.2) is 4.79 Å². The lowest BCUT2D eigenvalue weighted by atomic mass is 10.0. The van der Waals surface area contributed by atoms with Crippen molar-refractivity contribution in [1.82, 2.24) is 0 Å². The third-order valence-electron chi connectivity index (χ3n) is 2.94. The molecule has 1 N–H and O–H groups in total. The molecule has 2 rings (SSSR count). The number of hydrogen-bond donors (Lipinski definition) is 1. The van der Waals surface area contributed by atoms with Gasteiger partial charge in [-0.2, -0.15) is 0 Å². The Balaban J connectivity index is 2.38. The fourth-order valence-corrected chi connectivity index (χ4v) is 2.18. The summed E-state index contributed by atoms with van der Waals surface area (Å²) in [5.41, 5.74) is 2.02. The molecule has 0 aliphatic carbocycles. The zero-order valence-electron chi connectivity index (χ0n) is 11.5. The number of halogens is 1. The summed E-state index contributed by atoms with van der Waals surface area (Å²) < 4.78 is 6.64. The molecule has 0 aliphatic heterocycles. The van der Waals surface area contributed by atoms with Crippen molar-refractivity contribution in [3.05, 3.63) is 75.4 Å². The molecule has 1 unspecified atom stereocenters. The molecular weight excluding hydrogens is 379 g/mol. The van der Waals surface area contributed by atoms with E-state index in [0.29, 0.717) is 5.57 Å². The van der Waals surface area contributed by atoms with Crippen LogP contribution in [0.2, 0.25) is 0 Å². The van der Waals surface area contributed by atoms with Gasteiger partial charge in [-0.1, -0.05) is 30.8 Å². The molecule has 3 nitrogen and oxygen atoms in total. The number of carbonyl (C=O) groups excluding carboxylic acids is 1. The minimum atomic E-state index is -0.521. The van der Waals surface area contributed by atoms with Crippen molar-refractivity contribution in [3.63, 3.8) is 0 Å². The highest BCUT2D eigenvalue weighted by atomic mass is 127. The van der Waals surface area contributed by atoms with Gasteiger partial charge in [-0.3, -0.25) is 0 Å². The lowest BCUT2D eigenvalue weighted by Crippen LogP contribution is -2.13. The van der Waals surface area contributed by atoms with E-state index in [0.717, 1.165) is 14.7 Å². The molecule has 2 aromatic rings. The smallest absolute Gasteiger partial charge is 0.334 e. The molecule has 21 heavy (non-hydrogen) atoms. The minimum Gasteiger partial charge on any atom is -0.508 e. The highest BCUT2D eigenvalue weighted by molar-refractivity contribution is 14.1. The van der Waals surface area contributed by atoms with Crippen LogP contribution >= 0.6 is 22.6 Å². The predicted molar refractivity (Wildman–Crippen MR) is 90.0 cm³/mol. The van der Waals surface area contributed by atoms with Crippen LogP contribution in [0.15, 0.2) is 60.7 Å². The van der Waals surface area contributed by atoms with Crippen LogP contribution in [0.5, 0.6) is 5.75 Å². The molecule has 0 aromatic heterocycles. The van der Waals surface area contributed by atoms with E-state index in [9.17, 15) is 9.90 Å². The van der Waals surface area contributed by atoms with E-state index in [1.807, 2.05) is 24.3 Å². The van der Waals surface area contributed by atoms with Gasteiger partial charge in [-0.15, -0.1) is 0 Å². The van der Waals surface area contributed by atoms with Gasteiger partial charge in [0.15, 0.2) is 6.10 Å². The molecule has 0 aliphatic rings. The fraction of sp³-hybridized carbons (Fsp3) is 0.118. The molecular formula is C17H15IO3. The standard InChI is InChI=1S/C17H15IO3/c1-11(2)17(20)21-16(12-3-7-14(18)8-4-12)13-5-9-15(19)10-6-13/h3-10,16,19H,1H2,2H3. The average Bonchev–Trinajstić information content (AvgIpc) is 2.46. The Hall–Kier alpha value is -1.82. The normalized spacial score (nSPS) is 11.7. The number of ether oxygens (including phenoxy) is 1. The molecule has 0 bridgehead atoms. The number of carbonyl (C=O) groups is 1. The first-order valence-electron chi connectivity index (χ1n) is 6.38. The quantitative estimate of drug-likeness (QED) is 0.480. The number of phenols is 1. The first kappa shape index (κ1) is 15.6. The Labute approximate surface area is 137 Å². The van der Waals surface area contributed by atoms with E-state index >= 15 is 0 Å². The second kappa shape index (κ2) is 6.76. The zero-order chi connectivity index (χ0) is 15.4. The van der Waals surface area contributed by atoms with Crippen molar-refractivity contribution in [3.8, 4) is 5.75 Å². The number of hydrogen-bond acceptors (Lipinski definition) is 3. The van der Waals surface area contributed by atoms with Crippen LogP contribution in [0.1, 0.15) is 24.2 Å². The SMILES string of the molecule is C=C(C)C(=O)OC(c1ccc(O)cc1)c1ccc(I)cc1. The maximum Gasteiger partial charge on any atom is 0.334 e. The van der Waals surface area contributed by atoms with Gasteiger partial charge in [0.1, 0.15) is 5.75 Å². The van der Waals surface area contributed by atoms with Crippen LogP contribution < -0.4 is 0 Å². The second-order valence-corrected chi connectivity index (χ2v) is 5.95. The predicted octanol–water partition coefficient (Wildman–Crippen LogP) is 4.21. The van der Waals surface area contributed by atoms with Gasteiger partial charge in [0.25, 0.3) is 0 Å². The molecule has 0 radical (unpaired) electrons. The first-order chi connectivity index (χ1) is 9.97. The highest BCUT2D eigenvalue weighted by Gasteiger charge is 2.19. The van der Waals surface area contributed by atoms with Crippen LogP contribution in [0.25, 0.3) is 0 Å². The molecule has 0 saturated heterocycles. The van der Waals surface area contributed by atoms with Gasteiger partial charge in [0.05, 0.1) is 0 Å². The molecule has 1 atom stereocenters. The Morgan fingerprint density at radius 1 is 1.10 bits per heavy atom. The van der Waals surface area contributed by atoms with Crippen molar-refractivity contribution in [2.45, 2.75) is 13.0 Å². The van der Waals surface area contributed by atoms with Crippen molar-refractivity contribution >= 4 is 28.6 Å². The molecule has 0 saturated carbocycles. The molecule has 108 valence electrons. The number of benzene rings is 2. The van der Waals surface area contributed by atoms with Crippen molar-refractivity contribution in [2.75, 3.05) is 0 Å². The minimum absolute atomic E-state index is 0.173. The summed E-state index contributed by atoms with van der Waals surface area (Å²) in [7, 11) is 0. The lowest BCUT2D eigenvalue weighted by Gasteiger charge is -2.19. The van der Waals surface area contributed by atoms with Gasteiger partial charge < -0.3 is 9.84 Å². The van der Waals surface area contributed by atoms with E-state index in [1.54, 1.807) is 31.2 Å². The van der Waals surface area contributed by atoms with E-state index in [1.165, 1.54) is 0 Å². The fourth-order valence-electron chi connectivity index (χ4n) is 1.82. The number of phenolic OH excluding ortho intramolecular Hbond substituents is 1. The molecule has 0 spiro atoms. The number of rotatable bonds is 4. The lowest BCUT2D eigenvalue weighted by molar-refractivity contribution is -0.142. The number of aromatic hydroxyl groups is 1. The molecule has 0 fully saturated rings. The maximum absolute atomic E-state index is 11.9. The van der Waals surface area contributed by atoms with E-state index < -0.39 is 12.1 Å². The van der Waals surface area contributed by atoms with E-state index in [2.05, 4.69) is 29.2 Å². The Morgan fingerprint density at radius 2 is 1.57 bits per heavy atom. The van der Waals surface area contributed by atoms with Crippen molar-refractivity contribution in [2.24, 2.45) is 0 Å². The topological polar surface area (TPSA) is 46.5 Å². The molecule has 0 amide bonds. The van der Waals surface area contributed by atoms with E-state index in [4.69, 9.17) is 4.74 Å². The summed E-state index contributed by atoms with van der Waals surface area (Å²) in [5.74, 6) is -0.266. The summed E-state index contributed by atoms with van der Waals surface area (Å²) in [6.07, 6.45) is -0.521. The zero-order valence-corrected chi connectivity index (χ0v) is 13.7. The summed E-state index contributed by atoms with van der Waals surface area (Å²) >= 11 is 2.22. The second-order valence-electron chi connectivity index (χ2n) is 4.71. The van der Waals surface area contributed by atoms with Crippen molar-refractivity contribution in [1.29, 1.82) is 0 Å². The van der Waals surface area contributed by atoms with Crippen LogP contribution in [-0.4, -0.2) is 11.1 Å². The largest absolute Gasteiger partial charge is 0.508 e. The van der Waals surface area contributed by atoms with Gasteiger partial charge >= 0.3 is 5.97 Å². The van der Waals surface area contributed by atoms with Gasteiger partial charge in [0.2, 0.25) is 0 Å². The van der Waals surface area contributed by atoms with Crippen LogP contribution in [0.3, 0.4) is 0 Å².